The van der Waals surface area contributed by atoms with Crippen LogP contribution in [0.15, 0.2) is 55.1 Å². The number of carbonyl (C=O) groups excluding carboxylic acids is 1. The van der Waals surface area contributed by atoms with Gasteiger partial charge in [0.2, 0.25) is 0 Å². The molecular formula is C17H12F4O3. The first-order valence-electron chi connectivity index (χ1n) is 6.72. The Labute approximate surface area is 135 Å². The van der Waals surface area contributed by atoms with Crippen LogP contribution in [0, 0.1) is 5.82 Å². The van der Waals surface area contributed by atoms with Gasteiger partial charge >= 0.3 is 12.3 Å². The minimum Gasteiger partial charge on any atom is -0.429 e. The molecule has 0 bridgehead atoms. The highest BCUT2D eigenvalue weighted by atomic mass is 19.4. The maximum absolute atomic E-state index is 13.0. The molecule has 0 aromatic heterocycles. The van der Waals surface area contributed by atoms with Crippen LogP contribution in [0.5, 0.6) is 0 Å². The first-order chi connectivity index (χ1) is 11.3. The third-order valence-corrected chi connectivity index (χ3v) is 2.99. The van der Waals surface area contributed by atoms with Gasteiger partial charge in [0.1, 0.15) is 18.2 Å². The lowest BCUT2D eigenvalue weighted by atomic mass is 10.1. The van der Waals surface area contributed by atoms with E-state index in [4.69, 9.17) is 4.74 Å². The number of halogens is 4. The van der Waals surface area contributed by atoms with Crippen molar-refractivity contribution in [2.24, 2.45) is 0 Å². The van der Waals surface area contributed by atoms with Crippen molar-refractivity contribution in [1.82, 2.24) is 0 Å². The average molecular weight is 340 g/mol. The van der Waals surface area contributed by atoms with Crippen molar-refractivity contribution in [1.29, 1.82) is 0 Å². The van der Waals surface area contributed by atoms with E-state index in [2.05, 4.69) is 11.3 Å². The smallest absolute Gasteiger partial charge is 0.429 e. The summed E-state index contributed by atoms with van der Waals surface area (Å²) in [7, 11) is 0. The van der Waals surface area contributed by atoms with Gasteiger partial charge in [-0.2, -0.15) is 13.2 Å². The van der Waals surface area contributed by atoms with E-state index in [9.17, 15) is 22.4 Å². The highest BCUT2D eigenvalue weighted by Crippen LogP contribution is 2.35. The summed E-state index contributed by atoms with van der Waals surface area (Å²) in [6.07, 6.45) is -6.03. The second-order valence-electron chi connectivity index (χ2n) is 4.74. The molecule has 2 aromatic carbocycles. The van der Waals surface area contributed by atoms with Crippen LogP contribution in [0.1, 0.15) is 16.7 Å². The summed E-state index contributed by atoms with van der Waals surface area (Å²) in [6, 6.07) is 10.6. The quantitative estimate of drug-likeness (QED) is 0.438. The molecule has 3 nitrogen and oxygen atoms in total. The van der Waals surface area contributed by atoms with Gasteiger partial charge in [0.15, 0.2) is 0 Å². The Kier molecular flexibility index (Phi) is 5.23. The largest absolute Gasteiger partial charge is 0.514 e. The summed E-state index contributed by atoms with van der Waals surface area (Å²) in [4.78, 5) is 11.6. The lowest BCUT2D eigenvalue weighted by Gasteiger charge is -2.14. The molecule has 0 heterocycles. The molecule has 0 aliphatic carbocycles. The summed E-state index contributed by atoms with van der Waals surface area (Å²) in [6.45, 7) is 3.17. The molecule has 0 atom stereocenters. The third kappa shape index (κ3) is 4.58. The fourth-order valence-corrected chi connectivity index (χ4v) is 1.90. The topological polar surface area (TPSA) is 35.5 Å². The van der Waals surface area contributed by atoms with Crippen molar-refractivity contribution in [2.45, 2.75) is 12.8 Å². The van der Waals surface area contributed by atoms with Gasteiger partial charge in [-0.3, -0.25) is 0 Å². The van der Waals surface area contributed by atoms with E-state index in [0.29, 0.717) is 11.6 Å². The number of hydrogen-bond donors (Lipinski definition) is 0. The van der Waals surface area contributed by atoms with E-state index in [0.717, 1.165) is 12.1 Å². The molecule has 0 amide bonds. The van der Waals surface area contributed by atoms with Gasteiger partial charge in [0, 0.05) is 5.56 Å². The normalized spacial score (nSPS) is 11.0. The summed E-state index contributed by atoms with van der Waals surface area (Å²) in [5.41, 5.74) is -1.15. The van der Waals surface area contributed by atoms with Crippen molar-refractivity contribution in [3.05, 3.63) is 77.6 Å². The molecule has 0 aliphatic heterocycles. The number of rotatable bonds is 4. The van der Waals surface area contributed by atoms with Crippen LogP contribution >= 0.6 is 0 Å². The lowest BCUT2D eigenvalue weighted by molar-refractivity contribution is -0.138. The molecule has 0 unspecified atom stereocenters. The number of hydrogen-bond acceptors (Lipinski definition) is 3. The molecule has 0 spiro atoms. The van der Waals surface area contributed by atoms with Crippen molar-refractivity contribution in [2.75, 3.05) is 0 Å². The van der Waals surface area contributed by atoms with Gasteiger partial charge in [-0.25, -0.2) is 9.18 Å². The van der Waals surface area contributed by atoms with Crippen LogP contribution in [0.25, 0.3) is 5.76 Å². The number of alkyl halides is 3. The Morgan fingerprint density at radius 2 is 1.75 bits per heavy atom. The minimum atomic E-state index is -4.82. The number of carbonyl (C=O) groups is 1. The van der Waals surface area contributed by atoms with Gasteiger partial charge in [-0.15, -0.1) is 0 Å². The van der Waals surface area contributed by atoms with Crippen molar-refractivity contribution in [3.63, 3.8) is 0 Å². The predicted octanol–water partition coefficient (Wildman–Crippen LogP) is 5.17. The zero-order chi connectivity index (χ0) is 17.7. The summed E-state index contributed by atoms with van der Waals surface area (Å²) < 4.78 is 61.2. The molecule has 0 radical (unpaired) electrons. The van der Waals surface area contributed by atoms with Crippen molar-refractivity contribution < 1.29 is 31.8 Å². The molecule has 0 aliphatic rings. The van der Waals surface area contributed by atoms with Crippen LogP contribution < -0.4 is 0 Å². The molecular weight excluding hydrogens is 328 g/mol. The molecule has 24 heavy (non-hydrogen) atoms. The fourth-order valence-electron chi connectivity index (χ4n) is 1.90. The van der Waals surface area contributed by atoms with Crippen molar-refractivity contribution >= 4 is 11.9 Å². The molecule has 0 fully saturated rings. The maximum Gasteiger partial charge on any atom is 0.514 e. The van der Waals surface area contributed by atoms with Gasteiger partial charge in [0.05, 0.1) is 5.56 Å². The number of benzene rings is 2. The second kappa shape index (κ2) is 7.16. The molecule has 0 saturated heterocycles. The van der Waals surface area contributed by atoms with Crippen LogP contribution in [0.3, 0.4) is 0 Å². The molecule has 0 N–H and O–H groups in total. The first-order valence-corrected chi connectivity index (χ1v) is 6.72. The van der Waals surface area contributed by atoms with Crippen LogP contribution in [-0.2, 0) is 22.3 Å². The van der Waals surface area contributed by atoms with Gasteiger partial charge in [0.25, 0.3) is 0 Å². The summed E-state index contributed by atoms with van der Waals surface area (Å²) >= 11 is 0. The molecule has 0 saturated carbocycles. The second-order valence-corrected chi connectivity index (χ2v) is 4.74. The first kappa shape index (κ1) is 17.5. The lowest BCUT2D eigenvalue weighted by Crippen LogP contribution is -2.12. The molecule has 7 heteroatoms. The van der Waals surface area contributed by atoms with E-state index in [1.165, 1.54) is 0 Å². The van der Waals surface area contributed by atoms with E-state index in [1.807, 2.05) is 0 Å². The summed E-state index contributed by atoms with van der Waals surface area (Å²) in [5, 5.41) is 0. The number of ether oxygens (including phenoxy) is 2. The molecule has 126 valence electrons. The van der Waals surface area contributed by atoms with E-state index in [-0.39, 0.29) is 6.61 Å². The Hall–Kier alpha value is -2.83. The van der Waals surface area contributed by atoms with Crippen molar-refractivity contribution in [3.8, 4) is 0 Å². The van der Waals surface area contributed by atoms with Gasteiger partial charge in [-0.05, 0) is 23.8 Å². The van der Waals surface area contributed by atoms with Gasteiger partial charge < -0.3 is 9.47 Å². The van der Waals surface area contributed by atoms with E-state index >= 15 is 0 Å². The Bertz CT molecular complexity index is 739. The zero-order valence-corrected chi connectivity index (χ0v) is 12.3. The molecule has 2 aromatic rings. The zero-order valence-electron chi connectivity index (χ0n) is 12.3. The third-order valence-electron chi connectivity index (χ3n) is 2.99. The monoisotopic (exact) mass is 340 g/mol. The SMILES string of the molecule is C=C(OC(=O)OCc1ccccc1)c1ccc(F)cc1C(F)(F)F. The summed E-state index contributed by atoms with van der Waals surface area (Å²) in [5.74, 6) is -1.65. The Balaban J connectivity index is 2.06. The van der Waals surface area contributed by atoms with E-state index in [1.54, 1.807) is 30.3 Å². The maximum atomic E-state index is 13.0. The molecule has 2 rings (SSSR count). The fraction of sp³-hybridized carbons (Fsp3) is 0.118. The van der Waals surface area contributed by atoms with E-state index < -0.39 is 35.0 Å². The van der Waals surface area contributed by atoms with Crippen LogP contribution in [0.4, 0.5) is 22.4 Å². The Morgan fingerprint density at radius 3 is 2.38 bits per heavy atom. The van der Waals surface area contributed by atoms with Crippen LogP contribution in [0.2, 0.25) is 0 Å². The average Bonchev–Trinajstić information content (AvgIpc) is 2.53. The Morgan fingerprint density at radius 1 is 1.08 bits per heavy atom. The minimum absolute atomic E-state index is 0.109. The highest BCUT2D eigenvalue weighted by molar-refractivity contribution is 5.73. The highest BCUT2D eigenvalue weighted by Gasteiger charge is 2.35. The van der Waals surface area contributed by atoms with Gasteiger partial charge in [-0.1, -0.05) is 36.9 Å². The standard InChI is InChI=1S/C17H12F4O3/c1-11(14-8-7-13(18)9-15(14)17(19,20)21)24-16(22)23-10-12-5-3-2-4-6-12/h2-9H,1,10H2. The predicted molar refractivity (Wildman–Crippen MR) is 78.1 cm³/mol. The van der Waals surface area contributed by atoms with Crippen LogP contribution in [-0.4, -0.2) is 6.16 Å².